The van der Waals surface area contributed by atoms with Crippen molar-refractivity contribution < 1.29 is 213 Å². The van der Waals surface area contributed by atoms with E-state index < -0.39 is 274 Å². The number of aliphatic carboxylic acids is 2. The number of hydrogen-bond donors (Lipinski definition) is 18. The zero-order valence-corrected chi connectivity index (χ0v) is 81.3. The molecule has 18 N–H and O–H groups in total. The van der Waals surface area contributed by atoms with Crippen LogP contribution in [0.5, 0.6) is 0 Å². The van der Waals surface area contributed by atoms with Crippen LogP contribution in [0.4, 0.5) is 0 Å². The van der Waals surface area contributed by atoms with Crippen molar-refractivity contribution in [2.75, 3.05) is 26.9 Å². The molecular formula is C33H57N3Na10O47S8. The van der Waals surface area contributed by atoms with Crippen LogP contribution in [0.1, 0.15) is 13.3 Å². The number of carboxylic acid groups (broad SMARTS) is 2. The smallest absolute Gasteiger partial charge is 0.397 e. The maximum Gasteiger partial charge on any atom is 0.397 e. The summed E-state index contributed by atoms with van der Waals surface area (Å²) in [7, 11) is -45.1. The average molecular weight is 1730 g/mol. The summed E-state index contributed by atoms with van der Waals surface area (Å²) in [6.07, 6.45) is -55.0. The summed E-state index contributed by atoms with van der Waals surface area (Å²) in [6, 6.07) is -7.73. The normalized spacial score (nSPS) is 34.8. The van der Waals surface area contributed by atoms with Crippen LogP contribution < -0.4 is 14.2 Å². The molecule has 5 fully saturated rings. The zero-order chi connectivity index (χ0) is 69.4. The van der Waals surface area contributed by atoms with E-state index in [1.54, 1.807) is 0 Å². The molecular weight excluding hydrogens is 1680 g/mol. The summed E-state index contributed by atoms with van der Waals surface area (Å²) < 4.78 is 345. The summed E-state index contributed by atoms with van der Waals surface area (Å²) in [4.78, 5) is 26.0. The van der Waals surface area contributed by atoms with Crippen molar-refractivity contribution >= 4 is 390 Å². The number of ether oxygens (including phenoxy) is 9. The Morgan fingerprint density at radius 3 is 1.19 bits per heavy atom. The first kappa shape index (κ1) is 119. The van der Waals surface area contributed by atoms with E-state index >= 15 is 0 Å². The first-order chi connectivity index (χ1) is 41.2. The third kappa shape index (κ3) is 38.3. The molecule has 0 unspecified atom stereocenters. The fourth-order valence-electron chi connectivity index (χ4n) is 9.76. The van der Waals surface area contributed by atoms with Crippen LogP contribution in [-0.2, 0) is 156 Å². The van der Waals surface area contributed by atoms with Gasteiger partial charge in [-0.05, 0) is 6.42 Å². The zero-order valence-electron chi connectivity index (χ0n) is 54.8. The molecule has 50 nitrogen and oxygen atoms in total. The van der Waals surface area contributed by atoms with Gasteiger partial charge in [0.05, 0.1) is 38.1 Å². The van der Waals surface area contributed by atoms with E-state index in [1.165, 1.54) is 14.2 Å². The molecule has 4 aliphatic heterocycles. The maximum absolute atomic E-state index is 13.2. The minimum atomic E-state index is -6.25. The number of nitrogens with one attached hydrogen (secondary N) is 3. The standard InChI is InChI=1S/C33H57N3O47S8.10Na/c1-7-20(26(28(42)43)81-33(21(7)82-90(64,65)66)78-23-11(6-73-89(61,62)63)76-30(70-2)14(17(23)39)36-86(52,53)54)74-9-3-8(4-71-87(55,56)57)22(24(83-91(67,68)69)12(9)34-84(46,47)48)77-32-19(41)18(40)25(27(80-32)29(44)45)79-31-13(35-85(49,50)51)16(38)15(37)10(75-31)5-72-88(58,59)60;;;;;;;;;;/h7-27,30-41H,3-6H2,1-2H3,(H,42,43)(H,44,45)(H,46,47,48)(H,49,50,51)(H,52,53,54)(H,55,56,57)(H,58,59,60)(H,61,62,63)(H,64,65,66)(H,67,68,69);;;;;;;;;;/t7-,8+,9-,10+,11+,12-,13+,14+,15+,16+,17+,18+,19+,20-,21+,22+,23+,24+,25-,26+,27-,30-,31+,32+,33+;;;;;;;;;;/m0........../s1. The second-order valence-electron chi connectivity index (χ2n) is 19.6. The number of rotatable bonds is 30. The van der Waals surface area contributed by atoms with Gasteiger partial charge in [-0.25, -0.2) is 30.5 Å². The number of hydrogen-bond acceptors (Lipinski definition) is 37. The molecule has 4 heterocycles. The van der Waals surface area contributed by atoms with Crippen LogP contribution in [0.3, 0.4) is 0 Å². The summed E-state index contributed by atoms with van der Waals surface area (Å²) in [6.45, 7) is -3.96. The number of aliphatic hydroxyl groups excluding tert-OH is 5. The van der Waals surface area contributed by atoms with Crippen LogP contribution in [0.15, 0.2) is 0 Å². The molecule has 5 aliphatic rings. The molecule has 5 rings (SSSR count). The Balaban J connectivity index is -0.00000226. The largest absolute Gasteiger partial charge is 0.479 e. The van der Waals surface area contributed by atoms with E-state index in [2.05, 4.69) is 20.9 Å². The predicted molar refractivity (Wildman–Crippen MR) is 326 cm³/mol. The van der Waals surface area contributed by atoms with Gasteiger partial charge in [-0.1, -0.05) is 6.92 Å². The van der Waals surface area contributed by atoms with E-state index in [0.29, 0.717) is 6.92 Å². The Labute approximate surface area is 796 Å². The van der Waals surface area contributed by atoms with E-state index in [0.717, 1.165) is 7.11 Å². The molecule has 101 heavy (non-hydrogen) atoms. The van der Waals surface area contributed by atoms with Gasteiger partial charge in [-0.2, -0.15) is 81.5 Å². The molecule has 0 aromatic rings. The fourth-order valence-corrected chi connectivity index (χ4v) is 13.6. The van der Waals surface area contributed by atoms with Crippen molar-refractivity contribution in [3.8, 4) is 0 Å². The van der Waals surface area contributed by atoms with Gasteiger partial charge in [0.2, 0.25) is 0 Å². The van der Waals surface area contributed by atoms with Crippen molar-refractivity contribution in [2.45, 2.75) is 154 Å². The number of carbonyl (C=O) groups is 2. The molecule has 544 valence electrons. The van der Waals surface area contributed by atoms with Crippen molar-refractivity contribution in [3.05, 3.63) is 0 Å². The van der Waals surface area contributed by atoms with Crippen molar-refractivity contribution in [1.82, 2.24) is 14.2 Å². The Bertz CT molecular complexity index is 3530. The van der Waals surface area contributed by atoms with Crippen molar-refractivity contribution in [2.24, 2.45) is 11.8 Å². The van der Waals surface area contributed by atoms with Crippen LogP contribution in [0.25, 0.3) is 0 Å². The first-order valence-corrected chi connectivity index (χ1v) is 35.3. The quantitative estimate of drug-likeness (QED) is 0.0235. The van der Waals surface area contributed by atoms with Crippen LogP contribution in [0, 0.1) is 11.8 Å². The van der Waals surface area contributed by atoms with E-state index in [-0.39, 0.29) is 296 Å². The molecule has 0 amide bonds. The summed E-state index contributed by atoms with van der Waals surface area (Å²) in [5.41, 5.74) is 0. The van der Waals surface area contributed by atoms with Gasteiger partial charge in [0, 0.05) is 315 Å². The maximum atomic E-state index is 13.2. The van der Waals surface area contributed by atoms with Gasteiger partial charge in [0.15, 0.2) is 37.4 Å². The van der Waals surface area contributed by atoms with Crippen molar-refractivity contribution in [1.29, 1.82) is 0 Å². The third-order valence-corrected chi connectivity index (χ3v) is 17.3. The number of methoxy groups -OCH3 is 1. The van der Waals surface area contributed by atoms with E-state index in [9.17, 15) is 145 Å². The van der Waals surface area contributed by atoms with Crippen molar-refractivity contribution in [3.63, 3.8) is 0 Å². The monoisotopic (exact) mass is 1730 g/mol. The minimum absolute atomic E-state index is 0. The predicted octanol–water partition coefficient (Wildman–Crippen LogP) is -15.6. The van der Waals surface area contributed by atoms with E-state index in [1.807, 2.05) is 0 Å². The molecule has 10 radical (unpaired) electrons. The summed E-state index contributed by atoms with van der Waals surface area (Å²) in [5.74, 6) is -9.21. The molecule has 4 saturated heterocycles. The topological polar surface area (TPSA) is 776 Å². The SMILES string of the molecule is CO[C@H]1O[C@H](COS(=O)(=O)O)[C@@H](O[C@@H]2O[C@@H](C(=O)O)[C@@H](O[C@H]3C[C@H](COS(=O)(=O)O)[C@@H](O[C@@H]4O[C@H](C(=O)O)[C@@H](O[C@H]5O[C@H](COS(=O)(=O)O)[C@@H](O)[C@H](O)[C@H]5NS(=O)(=O)O)[C@H](O)[C@H]4O)[C@H](OS(=O)(=O)O)[C@H]3NS(=O)(=O)O)[C@H](C)[C@H]2OS(=O)(=O)O)[C@H](O)[C@H]1NS(=O)(=O)O.[Na].[Na].[Na].[Na].[Na].[Na].[Na].[Na].[Na].[Na]. The summed E-state index contributed by atoms with van der Waals surface area (Å²) >= 11 is 0. The van der Waals surface area contributed by atoms with Crippen LogP contribution in [0.2, 0.25) is 0 Å². The second-order valence-corrected chi connectivity index (χ2v) is 28.5. The third-order valence-electron chi connectivity index (χ3n) is 13.3. The van der Waals surface area contributed by atoms with Gasteiger partial charge >= 0.3 is 94.8 Å². The number of aliphatic hydroxyl groups is 5. The first-order valence-electron chi connectivity index (χ1n) is 24.2. The molecule has 0 bridgehead atoms. The fraction of sp³-hybridized carbons (Fsp3) is 0.939. The molecule has 1 aliphatic carbocycles. The van der Waals surface area contributed by atoms with Gasteiger partial charge in [0.25, 0.3) is 0 Å². The summed E-state index contributed by atoms with van der Waals surface area (Å²) in [5, 5.41) is 76.5. The van der Waals surface area contributed by atoms with Crippen LogP contribution in [-0.4, -0.2) is 615 Å². The van der Waals surface area contributed by atoms with Gasteiger partial charge < -0.3 is 78.4 Å². The average Bonchev–Trinajstić information content (AvgIpc) is 0.764. The second kappa shape index (κ2) is 49.0. The van der Waals surface area contributed by atoms with Gasteiger partial charge in [-0.3, -0.25) is 36.4 Å². The van der Waals surface area contributed by atoms with E-state index in [4.69, 9.17) is 47.2 Å². The van der Waals surface area contributed by atoms with Crippen LogP contribution >= 0.6 is 0 Å². The number of carboxylic acids is 2. The Hall–Kier alpha value is 7.34. The Morgan fingerprint density at radius 2 is 0.762 bits per heavy atom. The Kier molecular flexibility index (Phi) is 57.9. The molecule has 0 spiro atoms. The molecule has 0 aromatic heterocycles. The molecule has 1 saturated carbocycles. The van der Waals surface area contributed by atoms with Gasteiger partial charge in [0.1, 0.15) is 85.3 Å². The molecule has 0 aromatic carbocycles. The molecule has 25 atom stereocenters. The Morgan fingerprint density at radius 1 is 0.386 bits per heavy atom. The van der Waals surface area contributed by atoms with Gasteiger partial charge in [-0.15, -0.1) is 0 Å². The minimum Gasteiger partial charge on any atom is -0.479 e. The molecule has 68 heteroatoms.